The molecule has 0 radical (unpaired) electrons. The summed E-state index contributed by atoms with van der Waals surface area (Å²) in [6.07, 6.45) is 4.84. The smallest absolute Gasteiger partial charge is 0.0543 e. The van der Waals surface area contributed by atoms with E-state index >= 15 is 0 Å². The molecule has 0 N–H and O–H groups in total. The highest BCUT2D eigenvalue weighted by atomic mass is 15.1. The van der Waals surface area contributed by atoms with Crippen LogP contribution in [-0.4, -0.2) is 0 Å². The van der Waals surface area contributed by atoms with Crippen molar-refractivity contribution in [2.24, 2.45) is 0 Å². The Morgan fingerprint density at radius 1 is 0.426 bits per heavy atom. The van der Waals surface area contributed by atoms with Crippen LogP contribution < -0.4 is 4.90 Å². The number of fused-ring (bicyclic) bond motifs is 7. The molecule has 0 saturated carbocycles. The molecule has 6 aromatic rings. The van der Waals surface area contributed by atoms with Crippen molar-refractivity contribution in [3.8, 4) is 33.4 Å². The summed E-state index contributed by atoms with van der Waals surface area (Å²) in [6, 6.07) is 48.3. The number of nitrogens with zero attached hydrogens (tertiary/aromatic N) is 1. The lowest BCUT2D eigenvalue weighted by Crippen LogP contribution is -2.18. The van der Waals surface area contributed by atoms with Crippen LogP contribution in [0.4, 0.5) is 17.1 Å². The highest BCUT2D eigenvalue weighted by molar-refractivity contribution is 5.96. The summed E-state index contributed by atoms with van der Waals surface area (Å²) < 4.78 is 0. The van der Waals surface area contributed by atoms with Crippen molar-refractivity contribution < 1.29 is 0 Å². The van der Waals surface area contributed by atoms with Gasteiger partial charge in [-0.25, -0.2) is 0 Å². The quantitative estimate of drug-likeness (QED) is 0.193. The molecule has 0 aliphatic heterocycles. The predicted octanol–water partition coefficient (Wildman–Crippen LogP) is 12.3. The summed E-state index contributed by atoms with van der Waals surface area (Å²) in [5.41, 5.74) is 20.3. The zero-order valence-corrected chi connectivity index (χ0v) is 27.9. The number of hydrogen-bond donors (Lipinski definition) is 0. The maximum Gasteiger partial charge on any atom is 0.0543 e. The molecule has 0 aromatic heterocycles. The van der Waals surface area contributed by atoms with Gasteiger partial charge in [-0.05, 0) is 123 Å². The highest BCUT2D eigenvalue weighted by Crippen LogP contribution is 2.55. The zero-order chi connectivity index (χ0) is 31.9. The zero-order valence-electron chi connectivity index (χ0n) is 27.9. The van der Waals surface area contributed by atoms with Gasteiger partial charge in [0.2, 0.25) is 0 Å². The summed E-state index contributed by atoms with van der Waals surface area (Å²) in [5.74, 6) is 0. The Bertz CT molecular complexity index is 2200. The largest absolute Gasteiger partial charge is 0.310 e. The van der Waals surface area contributed by atoms with Crippen molar-refractivity contribution in [3.05, 3.63) is 161 Å². The van der Waals surface area contributed by atoms with Crippen molar-refractivity contribution in [1.29, 1.82) is 0 Å². The molecule has 0 amide bonds. The molecule has 6 aromatic carbocycles. The van der Waals surface area contributed by atoms with E-state index in [2.05, 4.69) is 160 Å². The number of anilines is 3. The SMILES string of the molecule is CC1(C)c2ccccc2-c2ccc(N(c3ccccc3)c3cc4c(cc3-c3cccc5c3CCCC5)-c3ccccc3C4(C)C)cc21. The molecule has 47 heavy (non-hydrogen) atoms. The summed E-state index contributed by atoms with van der Waals surface area (Å²) in [5, 5.41) is 0. The van der Waals surface area contributed by atoms with Gasteiger partial charge < -0.3 is 4.90 Å². The molecular formula is C46H41N. The average molecular weight is 608 g/mol. The van der Waals surface area contributed by atoms with Gasteiger partial charge >= 0.3 is 0 Å². The molecule has 0 heterocycles. The Labute approximate surface area is 279 Å². The first-order chi connectivity index (χ1) is 22.8. The molecule has 3 aliphatic carbocycles. The first kappa shape index (κ1) is 28.4. The molecule has 230 valence electrons. The molecule has 1 heteroatoms. The van der Waals surface area contributed by atoms with Gasteiger partial charge in [-0.1, -0.05) is 119 Å². The van der Waals surface area contributed by atoms with Crippen LogP contribution >= 0.6 is 0 Å². The molecule has 3 aliphatic rings. The van der Waals surface area contributed by atoms with Gasteiger partial charge in [-0.3, -0.25) is 0 Å². The van der Waals surface area contributed by atoms with Gasteiger partial charge in [0.1, 0.15) is 0 Å². The molecule has 1 nitrogen and oxygen atoms in total. The Hall–Kier alpha value is -4.88. The third-order valence-electron chi connectivity index (χ3n) is 11.5. The number of aryl methyl sites for hydroxylation is 1. The maximum atomic E-state index is 2.54. The van der Waals surface area contributed by atoms with Crippen molar-refractivity contribution >= 4 is 17.1 Å². The lowest BCUT2D eigenvalue weighted by Gasteiger charge is -2.32. The normalized spacial score (nSPS) is 16.1. The Morgan fingerprint density at radius 2 is 1.02 bits per heavy atom. The standard InChI is InChI=1S/C46H41N/c1-45(2)40-23-12-10-20-35(40)37-26-25-32(27-42(37)45)47(31-17-6-5-7-18-31)44-29-43-38(36-21-11-13-24-41(36)46(43,3)4)28-39(44)34-22-14-16-30-15-8-9-19-33(30)34/h5-7,10-14,16-18,20-29H,8-9,15,19H2,1-4H3. The van der Waals surface area contributed by atoms with Crippen LogP contribution in [0.2, 0.25) is 0 Å². The minimum Gasteiger partial charge on any atom is -0.310 e. The van der Waals surface area contributed by atoms with Crippen LogP contribution in [0.25, 0.3) is 33.4 Å². The Morgan fingerprint density at radius 3 is 1.77 bits per heavy atom. The number of benzene rings is 6. The predicted molar refractivity (Wildman–Crippen MR) is 198 cm³/mol. The summed E-state index contributed by atoms with van der Waals surface area (Å²) in [4.78, 5) is 2.54. The Balaban J connectivity index is 1.34. The van der Waals surface area contributed by atoms with E-state index in [0.717, 1.165) is 6.42 Å². The van der Waals surface area contributed by atoms with Crippen molar-refractivity contribution in [3.63, 3.8) is 0 Å². The number of rotatable bonds is 4. The fourth-order valence-corrected chi connectivity index (χ4v) is 9.01. The Kier molecular flexibility index (Phi) is 6.22. The van der Waals surface area contributed by atoms with E-state index in [4.69, 9.17) is 0 Å². The first-order valence-corrected chi connectivity index (χ1v) is 17.3. The second-order valence-electron chi connectivity index (χ2n) is 14.8. The minimum atomic E-state index is -0.0980. The fourth-order valence-electron chi connectivity index (χ4n) is 9.01. The second kappa shape index (κ2) is 10.3. The summed E-state index contributed by atoms with van der Waals surface area (Å²) >= 11 is 0. The summed E-state index contributed by atoms with van der Waals surface area (Å²) in [7, 11) is 0. The topological polar surface area (TPSA) is 3.24 Å². The van der Waals surface area contributed by atoms with Gasteiger partial charge in [0, 0.05) is 27.8 Å². The van der Waals surface area contributed by atoms with E-state index in [1.807, 2.05) is 0 Å². The second-order valence-corrected chi connectivity index (χ2v) is 14.8. The van der Waals surface area contributed by atoms with Crippen molar-refractivity contribution in [2.45, 2.75) is 64.2 Å². The van der Waals surface area contributed by atoms with Crippen LogP contribution in [0.3, 0.4) is 0 Å². The van der Waals surface area contributed by atoms with Crippen LogP contribution in [0.5, 0.6) is 0 Å². The van der Waals surface area contributed by atoms with Crippen molar-refractivity contribution in [1.82, 2.24) is 0 Å². The molecule has 0 bridgehead atoms. The monoisotopic (exact) mass is 607 g/mol. The summed E-state index contributed by atoms with van der Waals surface area (Å²) in [6.45, 7) is 9.55. The van der Waals surface area contributed by atoms with Gasteiger partial charge in [-0.2, -0.15) is 0 Å². The fraction of sp³-hybridized carbons (Fsp3) is 0.217. The molecule has 0 unspecified atom stereocenters. The first-order valence-electron chi connectivity index (χ1n) is 17.3. The molecule has 9 rings (SSSR count). The van der Waals surface area contributed by atoms with E-state index in [1.165, 1.54) is 103 Å². The lowest BCUT2D eigenvalue weighted by molar-refractivity contribution is 0.660. The molecule has 0 saturated heterocycles. The van der Waals surface area contributed by atoms with Crippen LogP contribution in [0.1, 0.15) is 73.9 Å². The maximum absolute atomic E-state index is 2.54. The van der Waals surface area contributed by atoms with Crippen LogP contribution in [-0.2, 0) is 23.7 Å². The third kappa shape index (κ3) is 4.15. The molecular weight excluding hydrogens is 567 g/mol. The lowest BCUT2D eigenvalue weighted by atomic mass is 9.80. The van der Waals surface area contributed by atoms with Gasteiger partial charge in [0.15, 0.2) is 0 Å². The van der Waals surface area contributed by atoms with Crippen LogP contribution in [0, 0.1) is 0 Å². The molecule has 0 spiro atoms. The van der Waals surface area contributed by atoms with Gasteiger partial charge in [0.25, 0.3) is 0 Å². The van der Waals surface area contributed by atoms with E-state index in [-0.39, 0.29) is 10.8 Å². The van der Waals surface area contributed by atoms with Crippen LogP contribution in [0.15, 0.2) is 127 Å². The van der Waals surface area contributed by atoms with Crippen molar-refractivity contribution in [2.75, 3.05) is 4.90 Å². The molecule has 0 fully saturated rings. The number of para-hydroxylation sites is 1. The minimum absolute atomic E-state index is 0.0762. The van der Waals surface area contributed by atoms with E-state index in [0.29, 0.717) is 0 Å². The highest BCUT2D eigenvalue weighted by Gasteiger charge is 2.38. The van der Waals surface area contributed by atoms with E-state index in [9.17, 15) is 0 Å². The van der Waals surface area contributed by atoms with Gasteiger partial charge in [-0.15, -0.1) is 0 Å². The average Bonchev–Trinajstić information content (AvgIpc) is 3.47. The van der Waals surface area contributed by atoms with Gasteiger partial charge in [0.05, 0.1) is 5.69 Å². The third-order valence-corrected chi connectivity index (χ3v) is 11.5. The molecule has 0 atom stereocenters. The number of hydrogen-bond acceptors (Lipinski definition) is 1. The van der Waals surface area contributed by atoms with E-state index in [1.54, 1.807) is 0 Å². The van der Waals surface area contributed by atoms with E-state index < -0.39 is 0 Å².